The van der Waals surface area contributed by atoms with Crippen LogP contribution in [0.2, 0.25) is 0 Å². The minimum absolute atomic E-state index is 0.0250. The summed E-state index contributed by atoms with van der Waals surface area (Å²) in [7, 11) is 0. The van der Waals surface area contributed by atoms with E-state index < -0.39 is 11.9 Å². The van der Waals surface area contributed by atoms with E-state index in [1.165, 1.54) is 22.2 Å². The number of urea groups is 1. The van der Waals surface area contributed by atoms with Crippen LogP contribution in [-0.2, 0) is 24.2 Å². The van der Waals surface area contributed by atoms with Gasteiger partial charge >= 0.3 is 6.03 Å². The number of nitrogens with zero attached hydrogens (tertiary/aromatic N) is 2. The van der Waals surface area contributed by atoms with Gasteiger partial charge in [-0.3, -0.25) is 19.5 Å². The number of carbonyl (C=O) groups excluding carboxylic acids is 2. The number of thioether (sulfide) groups is 1. The Kier molecular flexibility index (Phi) is 6.21. The van der Waals surface area contributed by atoms with Gasteiger partial charge in [0.2, 0.25) is 5.91 Å². The van der Waals surface area contributed by atoms with Crippen molar-refractivity contribution >= 4 is 45.3 Å². The van der Waals surface area contributed by atoms with E-state index in [0.717, 1.165) is 29.5 Å². The highest BCUT2D eigenvalue weighted by molar-refractivity contribution is 7.99. The first kappa shape index (κ1) is 19.9. The van der Waals surface area contributed by atoms with Crippen LogP contribution in [0.3, 0.4) is 0 Å². The van der Waals surface area contributed by atoms with Gasteiger partial charge in [0.15, 0.2) is 5.16 Å². The number of aryl methyl sites for hydroxylation is 1. The largest absolute Gasteiger partial charge is 0.338 e. The molecule has 0 bridgehead atoms. The molecule has 2 aromatic rings. The van der Waals surface area contributed by atoms with Crippen molar-refractivity contribution in [3.63, 3.8) is 0 Å². The van der Waals surface area contributed by atoms with Crippen LogP contribution in [0, 0.1) is 5.92 Å². The maximum Gasteiger partial charge on any atom is 0.321 e. The van der Waals surface area contributed by atoms with Crippen molar-refractivity contribution < 1.29 is 9.59 Å². The molecule has 0 spiro atoms. The van der Waals surface area contributed by atoms with Crippen LogP contribution in [0.25, 0.3) is 10.2 Å². The Bertz CT molecular complexity index is 935. The molecule has 0 aliphatic heterocycles. The molecule has 0 saturated carbocycles. The molecule has 27 heavy (non-hydrogen) atoms. The van der Waals surface area contributed by atoms with E-state index in [1.807, 2.05) is 6.92 Å². The molecule has 3 amide bonds. The normalized spacial score (nSPS) is 16.2. The van der Waals surface area contributed by atoms with E-state index in [2.05, 4.69) is 22.5 Å². The Balaban J connectivity index is 1.87. The summed E-state index contributed by atoms with van der Waals surface area (Å²) in [5.41, 5.74) is 1.14. The topological polar surface area (TPSA) is 93.1 Å². The summed E-state index contributed by atoms with van der Waals surface area (Å²) in [6.45, 7) is 6.85. The monoisotopic (exact) mass is 408 g/mol. The third kappa shape index (κ3) is 4.19. The van der Waals surface area contributed by atoms with Crippen LogP contribution in [-0.4, -0.2) is 33.8 Å². The van der Waals surface area contributed by atoms with Gasteiger partial charge in [-0.15, -0.1) is 11.3 Å². The van der Waals surface area contributed by atoms with Crippen LogP contribution in [0.4, 0.5) is 4.79 Å². The maximum absolute atomic E-state index is 13.1. The summed E-state index contributed by atoms with van der Waals surface area (Å²) in [6, 6.07) is -0.514. The molecule has 146 valence electrons. The molecule has 0 radical (unpaired) electrons. The van der Waals surface area contributed by atoms with Crippen molar-refractivity contribution in [1.29, 1.82) is 0 Å². The van der Waals surface area contributed by atoms with Crippen LogP contribution < -0.4 is 16.2 Å². The van der Waals surface area contributed by atoms with Gasteiger partial charge in [0.1, 0.15) is 4.83 Å². The lowest BCUT2D eigenvalue weighted by molar-refractivity contribution is -0.117. The second-order valence-corrected chi connectivity index (χ2v) is 8.70. The summed E-state index contributed by atoms with van der Waals surface area (Å²) >= 11 is 2.78. The Morgan fingerprint density at radius 2 is 2.15 bits per heavy atom. The molecule has 1 aliphatic carbocycles. The van der Waals surface area contributed by atoms with Gasteiger partial charge in [0.25, 0.3) is 5.56 Å². The first-order chi connectivity index (χ1) is 12.9. The lowest BCUT2D eigenvalue weighted by Crippen LogP contribution is -2.40. The quantitative estimate of drug-likeness (QED) is 0.586. The van der Waals surface area contributed by atoms with Crippen molar-refractivity contribution in [3.05, 3.63) is 20.8 Å². The molecular formula is C18H24N4O3S2. The lowest BCUT2D eigenvalue weighted by Gasteiger charge is -2.17. The van der Waals surface area contributed by atoms with Gasteiger partial charge in [-0.25, -0.2) is 9.78 Å². The number of imide groups is 1. The maximum atomic E-state index is 13.1. The van der Waals surface area contributed by atoms with Crippen LogP contribution in [0.1, 0.15) is 37.6 Å². The van der Waals surface area contributed by atoms with E-state index in [0.29, 0.717) is 24.2 Å². The Morgan fingerprint density at radius 1 is 1.37 bits per heavy atom. The second-order valence-electron chi connectivity index (χ2n) is 6.67. The number of thiophene rings is 1. The lowest BCUT2D eigenvalue weighted by atomic mass is 9.89. The van der Waals surface area contributed by atoms with E-state index in [-0.39, 0.29) is 11.3 Å². The molecule has 0 unspecified atom stereocenters. The van der Waals surface area contributed by atoms with Crippen LogP contribution in [0.5, 0.6) is 0 Å². The number of nitrogens with one attached hydrogen (secondary N) is 2. The number of hydrogen-bond acceptors (Lipinski definition) is 6. The average molecular weight is 409 g/mol. The average Bonchev–Trinajstić information content (AvgIpc) is 2.97. The fourth-order valence-corrected chi connectivity index (χ4v) is 5.58. The van der Waals surface area contributed by atoms with Crippen molar-refractivity contribution in [2.45, 2.75) is 51.7 Å². The van der Waals surface area contributed by atoms with E-state index in [4.69, 9.17) is 0 Å². The summed E-state index contributed by atoms with van der Waals surface area (Å²) in [5, 5.41) is 6.05. The van der Waals surface area contributed by atoms with Crippen LogP contribution in [0.15, 0.2) is 9.95 Å². The highest BCUT2D eigenvalue weighted by Crippen LogP contribution is 2.36. The second kappa shape index (κ2) is 8.43. The smallest absolute Gasteiger partial charge is 0.321 e. The number of fused-ring (bicyclic) bond motifs is 3. The van der Waals surface area contributed by atoms with Crippen molar-refractivity contribution in [2.75, 3.05) is 12.3 Å². The highest BCUT2D eigenvalue weighted by Gasteiger charge is 2.24. The fraction of sp³-hybridized carbons (Fsp3) is 0.556. The zero-order chi connectivity index (χ0) is 19.6. The summed E-state index contributed by atoms with van der Waals surface area (Å²) in [6.07, 6.45) is 3.03. The molecular weight excluding hydrogens is 384 g/mol. The minimum atomic E-state index is -0.514. The number of carbonyl (C=O) groups is 2. The molecule has 2 N–H and O–H groups in total. The van der Waals surface area contributed by atoms with Gasteiger partial charge in [-0.05, 0) is 44.6 Å². The molecule has 2 heterocycles. The van der Waals surface area contributed by atoms with Gasteiger partial charge in [-0.2, -0.15) is 0 Å². The molecule has 3 rings (SSSR count). The molecule has 1 atom stereocenters. The van der Waals surface area contributed by atoms with E-state index >= 15 is 0 Å². The van der Waals surface area contributed by atoms with Gasteiger partial charge in [0.05, 0.1) is 11.1 Å². The van der Waals surface area contributed by atoms with Crippen LogP contribution >= 0.6 is 23.1 Å². The third-order valence-electron chi connectivity index (χ3n) is 4.62. The third-order valence-corrected chi connectivity index (χ3v) is 6.74. The van der Waals surface area contributed by atoms with Crippen molar-refractivity contribution in [1.82, 2.24) is 20.2 Å². The summed E-state index contributed by atoms with van der Waals surface area (Å²) in [5.74, 6) is 0.241. The Labute approximate surface area is 165 Å². The molecule has 9 heteroatoms. The van der Waals surface area contributed by atoms with Crippen molar-refractivity contribution in [3.8, 4) is 0 Å². The SMILES string of the molecule is CCNC(=O)NC(=O)CSc1nc2sc3c(c2c(=O)n1CC)CC[C@H](C)C3. The zero-order valence-corrected chi connectivity index (χ0v) is 17.4. The summed E-state index contributed by atoms with van der Waals surface area (Å²) < 4.78 is 1.62. The van der Waals surface area contributed by atoms with E-state index in [1.54, 1.807) is 22.8 Å². The predicted octanol–water partition coefficient (Wildman–Crippen LogP) is 2.54. The van der Waals surface area contributed by atoms with Gasteiger partial charge < -0.3 is 5.32 Å². The standard InChI is InChI=1S/C18H24N4O3S2/c1-4-19-17(25)20-13(23)9-26-18-21-15-14(16(24)22(18)5-2)11-7-6-10(3)8-12(11)27-15/h10H,4-9H2,1-3H3,(H2,19,20,23,25)/t10-/m0/s1. The zero-order valence-electron chi connectivity index (χ0n) is 15.8. The number of rotatable bonds is 5. The van der Waals surface area contributed by atoms with E-state index in [9.17, 15) is 14.4 Å². The first-order valence-electron chi connectivity index (χ1n) is 9.20. The molecule has 0 saturated heterocycles. The molecule has 0 fully saturated rings. The number of aromatic nitrogens is 2. The predicted molar refractivity (Wildman–Crippen MR) is 109 cm³/mol. The molecule has 2 aromatic heterocycles. The number of hydrogen-bond donors (Lipinski definition) is 2. The Morgan fingerprint density at radius 3 is 2.85 bits per heavy atom. The minimum Gasteiger partial charge on any atom is -0.338 e. The highest BCUT2D eigenvalue weighted by atomic mass is 32.2. The first-order valence-corrected chi connectivity index (χ1v) is 11.0. The van der Waals surface area contributed by atoms with Gasteiger partial charge in [0, 0.05) is 18.0 Å². The molecule has 0 aromatic carbocycles. The Hall–Kier alpha value is -1.87. The summed E-state index contributed by atoms with van der Waals surface area (Å²) in [4.78, 5) is 43.1. The van der Waals surface area contributed by atoms with Gasteiger partial charge in [-0.1, -0.05) is 18.7 Å². The van der Waals surface area contributed by atoms with Crippen molar-refractivity contribution in [2.24, 2.45) is 5.92 Å². The molecule has 1 aliphatic rings. The number of amides is 3. The fourth-order valence-electron chi connectivity index (χ4n) is 3.29. The molecule has 7 nitrogen and oxygen atoms in total.